The summed E-state index contributed by atoms with van der Waals surface area (Å²) in [5, 5.41) is 10.1. The van der Waals surface area contributed by atoms with Gasteiger partial charge in [0.1, 0.15) is 12.1 Å². The Labute approximate surface area is 234 Å². The van der Waals surface area contributed by atoms with Crippen molar-refractivity contribution in [2.24, 2.45) is 0 Å². The Morgan fingerprint density at radius 2 is 1.55 bits per heavy atom. The highest BCUT2D eigenvalue weighted by Gasteiger charge is 2.21. The van der Waals surface area contributed by atoms with Gasteiger partial charge in [0.25, 0.3) is 0 Å². The fourth-order valence-corrected chi connectivity index (χ4v) is 4.82. The van der Waals surface area contributed by atoms with Crippen LogP contribution in [0, 0.1) is 0 Å². The average molecular weight is 539 g/mol. The van der Waals surface area contributed by atoms with Crippen LogP contribution in [0.1, 0.15) is 17.5 Å². The van der Waals surface area contributed by atoms with Gasteiger partial charge in [0.2, 0.25) is 17.8 Å². The van der Waals surface area contributed by atoms with E-state index < -0.39 is 0 Å². The number of ether oxygens (including phenoxy) is 1. The lowest BCUT2D eigenvalue weighted by Crippen LogP contribution is -2.47. The summed E-state index contributed by atoms with van der Waals surface area (Å²) >= 11 is 0. The molecule has 0 spiro atoms. The number of hydrogen-bond donors (Lipinski definition) is 3. The lowest BCUT2D eigenvalue weighted by molar-refractivity contribution is 0.171. The Bertz CT molecular complexity index is 1340. The van der Waals surface area contributed by atoms with Crippen LogP contribution in [-0.4, -0.2) is 77.0 Å². The zero-order chi connectivity index (χ0) is 27.0. The van der Waals surface area contributed by atoms with E-state index in [1.165, 1.54) is 5.56 Å². The second-order valence-electron chi connectivity index (χ2n) is 9.90. The van der Waals surface area contributed by atoms with Gasteiger partial charge >= 0.3 is 0 Å². The van der Waals surface area contributed by atoms with Crippen molar-refractivity contribution in [3.05, 3.63) is 84.4 Å². The van der Waals surface area contributed by atoms with Gasteiger partial charge in [0, 0.05) is 57.2 Å². The third kappa shape index (κ3) is 6.80. The van der Waals surface area contributed by atoms with Crippen LogP contribution in [0.4, 0.5) is 23.5 Å². The number of nitrogens with one attached hydrogen (secondary N) is 3. The van der Waals surface area contributed by atoms with Crippen LogP contribution in [-0.2, 0) is 6.42 Å². The van der Waals surface area contributed by atoms with Gasteiger partial charge in [-0.3, -0.25) is 5.32 Å². The Morgan fingerprint density at radius 1 is 0.800 bits per heavy atom. The number of hydrogen-bond acceptors (Lipinski definition) is 11. The van der Waals surface area contributed by atoms with Gasteiger partial charge in [-0.1, -0.05) is 30.3 Å². The van der Waals surface area contributed by atoms with Gasteiger partial charge in [0.05, 0.1) is 0 Å². The van der Waals surface area contributed by atoms with E-state index in [-0.39, 0.29) is 6.23 Å². The molecule has 206 valence electrons. The molecule has 4 aromatic rings. The summed E-state index contributed by atoms with van der Waals surface area (Å²) in [5.74, 6) is 2.74. The van der Waals surface area contributed by atoms with Gasteiger partial charge in [-0.2, -0.15) is 4.98 Å². The van der Waals surface area contributed by atoms with E-state index in [0.717, 1.165) is 81.6 Å². The summed E-state index contributed by atoms with van der Waals surface area (Å²) in [5.41, 5.74) is 3.24. The molecule has 40 heavy (non-hydrogen) atoms. The number of aromatic nitrogens is 5. The first-order chi connectivity index (χ1) is 19.8. The molecule has 1 unspecified atom stereocenters. The highest BCUT2D eigenvalue weighted by molar-refractivity contribution is 5.55. The zero-order valence-corrected chi connectivity index (χ0v) is 22.4. The lowest BCUT2D eigenvalue weighted by atomic mass is 10.1. The lowest BCUT2D eigenvalue weighted by Gasteiger charge is -2.34. The van der Waals surface area contributed by atoms with Crippen LogP contribution >= 0.6 is 0 Å². The third-order valence-corrected chi connectivity index (χ3v) is 6.97. The van der Waals surface area contributed by atoms with Gasteiger partial charge in [-0.05, 0) is 54.9 Å². The molecule has 3 N–H and O–H groups in total. The maximum absolute atomic E-state index is 6.05. The standard InChI is InChI=1S/C29H34N10O/c1-2-5-22(6-3-1)17-23-18-32-28(33-19-23)38-13-15-39(16-14-38)29-35-21-34-27(37-29)36-24-7-9-25(10-8-24)40-26-20-30-11-4-12-31-26/h1-3,5-10,18-19,21,26,30-31H,4,11-17,20H2,(H,34,35,36,37). The molecule has 2 aromatic heterocycles. The molecule has 6 rings (SSSR count). The van der Waals surface area contributed by atoms with Crippen LogP contribution in [0.15, 0.2) is 73.3 Å². The number of nitrogens with zero attached hydrogens (tertiary/aromatic N) is 7. The number of anilines is 4. The van der Waals surface area contributed by atoms with E-state index in [9.17, 15) is 0 Å². The predicted octanol–water partition coefficient (Wildman–Crippen LogP) is 2.61. The second kappa shape index (κ2) is 12.7. The molecule has 1 atom stereocenters. The van der Waals surface area contributed by atoms with E-state index in [2.05, 4.69) is 74.9 Å². The normalized spacial score (nSPS) is 17.8. The molecule has 4 heterocycles. The summed E-state index contributed by atoms with van der Waals surface area (Å²) < 4.78 is 6.05. The highest BCUT2D eigenvalue weighted by Crippen LogP contribution is 2.21. The van der Waals surface area contributed by atoms with Crippen molar-refractivity contribution in [1.29, 1.82) is 0 Å². The summed E-state index contributed by atoms with van der Waals surface area (Å²) in [7, 11) is 0. The topological polar surface area (TPSA) is 116 Å². The zero-order valence-electron chi connectivity index (χ0n) is 22.4. The van der Waals surface area contributed by atoms with E-state index in [1.54, 1.807) is 6.33 Å². The molecular weight excluding hydrogens is 504 g/mol. The van der Waals surface area contributed by atoms with Crippen molar-refractivity contribution in [3.8, 4) is 5.75 Å². The Balaban J connectivity index is 1.01. The molecule has 11 nitrogen and oxygen atoms in total. The molecule has 0 saturated carbocycles. The largest absolute Gasteiger partial charge is 0.474 e. The monoisotopic (exact) mass is 538 g/mol. The highest BCUT2D eigenvalue weighted by atomic mass is 16.5. The van der Waals surface area contributed by atoms with Gasteiger partial charge < -0.3 is 25.2 Å². The smallest absolute Gasteiger partial charge is 0.231 e. The number of rotatable bonds is 8. The fourth-order valence-electron chi connectivity index (χ4n) is 4.82. The number of benzene rings is 2. The first-order valence-corrected chi connectivity index (χ1v) is 13.8. The quantitative estimate of drug-likeness (QED) is 0.307. The van der Waals surface area contributed by atoms with Crippen molar-refractivity contribution in [2.75, 3.05) is 60.9 Å². The average Bonchev–Trinajstić information content (AvgIpc) is 3.28. The minimum Gasteiger partial charge on any atom is -0.474 e. The summed E-state index contributed by atoms with van der Waals surface area (Å²) in [4.78, 5) is 27.0. The molecule has 0 bridgehead atoms. The van der Waals surface area contributed by atoms with E-state index in [0.29, 0.717) is 11.9 Å². The van der Waals surface area contributed by atoms with E-state index in [4.69, 9.17) is 4.74 Å². The fraction of sp³-hybridized carbons (Fsp3) is 0.345. The molecule has 11 heteroatoms. The predicted molar refractivity (Wildman–Crippen MR) is 155 cm³/mol. The van der Waals surface area contributed by atoms with Crippen LogP contribution in [0.25, 0.3) is 0 Å². The van der Waals surface area contributed by atoms with Crippen molar-refractivity contribution >= 4 is 23.5 Å². The molecule has 0 radical (unpaired) electrons. The van der Waals surface area contributed by atoms with Crippen LogP contribution in [0.3, 0.4) is 0 Å². The number of piperazine rings is 1. The maximum atomic E-state index is 6.05. The molecule has 2 aliphatic rings. The molecule has 2 aromatic carbocycles. The third-order valence-electron chi connectivity index (χ3n) is 6.97. The summed E-state index contributed by atoms with van der Waals surface area (Å²) in [6.45, 7) is 5.87. The minimum absolute atomic E-state index is 0.0292. The molecule has 2 saturated heterocycles. The molecule has 2 fully saturated rings. The van der Waals surface area contributed by atoms with Gasteiger partial charge in [0.15, 0.2) is 6.23 Å². The summed E-state index contributed by atoms with van der Waals surface area (Å²) in [6, 6.07) is 18.2. The van der Waals surface area contributed by atoms with E-state index in [1.807, 2.05) is 42.7 Å². The minimum atomic E-state index is -0.0292. The Kier molecular flexibility index (Phi) is 8.20. The van der Waals surface area contributed by atoms with Crippen LogP contribution in [0.5, 0.6) is 5.75 Å². The molecule has 2 aliphatic heterocycles. The first-order valence-electron chi connectivity index (χ1n) is 13.8. The molecule has 0 aliphatic carbocycles. The van der Waals surface area contributed by atoms with Crippen LogP contribution < -0.4 is 30.5 Å². The Hall–Kier alpha value is -4.35. The van der Waals surface area contributed by atoms with Gasteiger partial charge in [-0.15, -0.1) is 0 Å². The van der Waals surface area contributed by atoms with Gasteiger partial charge in [-0.25, -0.2) is 19.9 Å². The first kappa shape index (κ1) is 25.9. The van der Waals surface area contributed by atoms with E-state index >= 15 is 0 Å². The maximum Gasteiger partial charge on any atom is 0.231 e. The van der Waals surface area contributed by atoms with Crippen molar-refractivity contribution < 1.29 is 4.74 Å². The van der Waals surface area contributed by atoms with Crippen molar-refractivity contribution in [3.63, 3.8) is 0 Å². The van der Waals surface area contributed by atoms with Crippen molar-refractivity contribution in [2.45, 2.75) is 19.1 Å². The van der Waals surface area contributed by atoms with Crippen molar-refractivity contribution in [1.82, 2.24) is 35.6 Å². The Morgan fingerprint density at radius 3 is 2.33 bits per heavy atom. The second-order valence-corrected chi connectivity index (χ2v) is 9.90. The SMILES string of the molecule is c1ccc(Cc2cnc(N3CCN(c4ncnc(Nc5ccc(OC6CNCCCN6)cc5)n4)CC3)nc2)cc1. The molecular formula is C29H34N10O. The molecule has 0 amide bonds. The summed E-state index contributed by atoms with van der Waals surface area (Å²) in [6.07, 6.45) is 7.31. The van der Waals surface area contributed by atoms with Crippen LogP contribution in [0.2, 0.25) is 0 Å².